The van der Waals surface area contributed by atoms with E-state index in [0.717, 1.165) is 11.1 Å². The number of carbonyl (C=O) groups excluding carboxylic acids is 2. The van der Waals surface area contributed by atoms with Crippen LogP contribution in [-0.2, 0) is 19.6 Å². The van der Waals surface area contributed by atoms with E-state index in [-0.39, 0.29) is 29.7 Å². The first-order valence-electron chi connectivity index (χ1n) is 8.89. The summed E-state index contributed by atoms with van der Waals surface area (Å²) in [6, 6.07) is 13.2. The molecule has 0 saturated carbocycles. The Morgan fingerprint density at radius 3 is 2.50 bits per heavy atom. The fourth-order valence-corrected chi connectivity index (χ4v) is 4.56. The molecule has 0 aromatic heterocycles. The summed E-state index contributed by atoms with van der Waals surface area (Å²) in [6.07, 6.45) is 1.85. The number of thiocarbonyl (C=S) groups is 1. The SMILES string of the molecule is Cc1ccccc1/C=C1\SC(=S)N(CCC(=O)Nc2ccc(S(N)(=O)=O)cc2)C1=O. The minimum atomic E-state index is -3.79. The number of thioether (sulfide) groups is 1. The molecule has 1 heterocycles. The van der Waals surface area contributed by atoms with E-state index in [2.05, 4.69) is 5.32 Å². The van der Waals surface area contributed by atoms with E-state index < -0.39 is 10.0 Å². The number of anilines is 1. The van der Waals surface area contributed by atoms with Crippen LogP contribution in [0.15, 0.2) is 58.3 Å². The predicted molar refractivity (Wildman–Crippen MR) is 122 cm³/mol. The maximum atomic E-state index is 12.7. The van der Waals surface area contributed by atoms with Gasteiger partial charge in [-0.25, -0.2) is 13.6 Å². The van der Waals surface area contributed by atoms with Gasteiger partial charge >= 0.3 is 0 Å². The second-order valence-corrected chi connectivity index (χ2v) is 9.79. The topological polar surface area (TPSA) is 110 Å². The van der Waals surface area contributed by atoms with Crippen LogP contribution < -0.4 is 10.5 Å². The summed E-state index contributed by atoms with van der Waals surface area (Å²) in [7, 11) is -3.79. The van der Waals surface area contributed by atoms with Crippen LogP contribution in [0.5, 0.6) is 0 Å². The van der Waals surface area contributed by atoms with Gasteiger partial charge in [0.2, 0.25) is 15.9 Å². The molecule has 1 saturated heterocycles. The van der Waals surface area contributed by atoms with Crippen LogP contribution in [0, 0.1) is 6.92 Å². The van der Waals surface area contributed by atoms with E-state index in [1.54, 1.807) is 0 Å². The van der Waals surface area contributed by atoms with Gasteiger partial charge in [0.05, 0.1) is 9.80 Å². The molecule has 30 heavy (non-hydrogen) atoms. The monoisotopic (exact) mass is 461 g/mol. The smallest absolute Gasteiger partial charge is 0.266 e. The molecule has 0 unspecified atom stereocenters. The minimum Gasteiger partial charge on any atom is -0.326 e. The molecular weight excluding hydrogens is 442 g/mol. The third-order valence-corrected chi connectivity index (χ3v) is 6.68. The lowest BCUT2D eigenvalue weighted by molar-refractivity contribution is -0.122. The van der Waals surface area contributed by atoms with E-state index in [1.165, 1.54) is 40.9 Å². The van der Waals surface area contributed by atoms with Crippen molar-refractivity contribution in [3.8, 4) is 0 Å². The molecule has 1 aliphatic rings. The van der Waals surface area contributed by atoms with Gasteiger partial charge in [0.15, 0.2) is 0 Å². The number of benzene rings is 2. The molecule has 3 N–H and O–H groups in total. The van der Waals surface area contributed by atoms with E-state index in [1.807, 2.05) is 37.3 Å². The van der Waals surface area contributed by atoms with Gasteiger partial charge in [-0.3, -0.25) is 14.5 Å². The standard InChI is InChI=1S/C20H19N3O4S3/c1-13-4-2-3-5-14(13)12-17-19(25)23(20(28)29-17)11-10-18(24)22-15-6-8-16(9-7-15)30(21,26)27/h2-9,12H,10-11H2,1H3,(H,22,24)(H2,21,26,27)/b17-12-. The van der Waals surface area contributed by atoms with Crippen molar-refractivity contribution >= 4 is 61.9 Å². The first-order valence-corrected chi connectivity index (χ1v) is 11.7. The highest BCUT2D eigenvalue weighted by molar-refractivity contribution is 8.26. The molecule has 2 amide bonds. The zero-order valence-corrected chi connectivity index (χ0v) is 18.4. The Hall–Kier alpha value is -2.53. The lowest BCUT2D eigenvalue weighted by atomic mass is 10.1. The molecule has 0 radical (unpaired) electrons. The predicted octanol–water partition coefficient (Wildman–Crippen LogP) is 2.87. The van der Waals surface area contributed by atoms with Gasteiger partial charge < -0.3 is 5.32 Å². The van der Waals surface area contributed by atoms with Crippen molar-refractivity contribution in [1.29, 1.82) is 0 Å². The third-order valence-electron chi connectivity index (χ3n) is 4.38. The maximum Gasteiger partial charge on any atom is 0.266 e. The molecule has 156 valence electrons. The maximum absolute atomic E-state index is 12.7. The summed E-state index contributed by atoms with van der Waals surface area (Å²) in [5.74, 6) is -0.547. The van der Waals surface area contributed by atoms with Crippen molar-refractivity contribution in [1.82, 2.24) is 4.90 Å². The Bertz CT molecular complexity index is 1140. The van der Waals surface area contributed by atoms with Gasteiger partial charge in [-0.05, 0) is 48.4 Å². The van der Waals surface area contributed by atoms with Crippen molar-refractivity contribution in [2.45, 2.75) is 18.2 Å². The van der Waals surface area contributed by atoms with Crippen LogP contribution in [0.1, 0.15) is 17.5 Å². The summed E-state index contributed by atoms with van der Waals surface area (Å²) in [6.45, 7) is 2.11. The van der Waals surface area contributed by atoms with E-state index in [0.29, 0.717) is 14.9 Å². The van der Waals surface area contributed by atoms with Gasteiger partial charge in [-0.1, -0.05) is 48.2 Å². The zero-order valence-electron chi connectivity index (χ0n) is 16.0. The molecule has 2 aromatic rings. The largest absolute Gasteiger partial charge is 0.326 e. The number of aryl methyl sites for hydroxylation is 1. The van der Waals surface area contributed by atoms with Crippen LogP contribution in [0.25, 0.3) is 6.08 Å². The molecule has 0 spiro atoms. The number of amides is 2. The number of primary sulfonamides is 1. The molecule has 2 aromatic carbocycles. The van der Waals surface area contributed by atoms with Gasteiger partial charge in [-0.2, -0.15) is 0 Å². The van der Waals surface area contributed by atoms with Crippen LogP contribution in [0.3, 0.4) is 0 Å². The molecule has 1 fully saturated rings. The van der Waals surface area contributed by atoms with Crippen molar-refractivity contribution in [3.63, 3.8) is 0 Å². The summed E-state index contributed by atoms with van der Waals surface area (Å²) in [5.41, 5.74) is 2.42. The Morgan fingerprint density at radius 1 is 1.20 bits per heavy atom. The summed E-state index contributed by atoms with van der Waals surface area (Å²) < 4.78 is 23.0. The molecule has 10 heteroatoms. The van der Waals surface area contributed by atoms with Crippen molar-refractivity contribution in [2.24, 2.45) is 5.14 Å². The van der Waals surface area contributed by atoms with E-state index >= 15 is 0 Å². The molecular formula is C20H19N3O4S3. The van der Waals surface area contributed by atoms with Gasteiger partial charge in [0.1, 0.15) is 4.32 Å². The Balaban J connectivity index is 1.60. The van der Waals surface area contributed by atoms with Gasteiger partial charge in [-0.15, -0.1) is 0 Å². The van der Waals surface area contributed by atoms with Crippen LogP contribution in [0.2, 0.25) is 0 Å². The molecule has 3 rings (SSSR count). The zero-order chi connectivity index (χ0) is 21.9. The molecule has 0 bridgehead atoms. The number of carbonyl (C=O) groups is 2. The summed E-state index contributed by atoms with van der Waals surface area (Å²) in [4.78, 5) is 26.8. The molecule has 0 aliphatic carbocycles. The van der Waals surface area contributed by atoms with Crippen LogP contribution in [0.4, 0.5) is 5.69 Å². The van der Waals surface area contributed by atoms with E-state index in [4.69, 9.17) is 17.4 Å². The first kappa shape index (κ1) is 22.2. The second-order valence-electron chi connectivity index (χ2n) is 6.56. The number of sulfonamides is 1. The number of hydrogen-bond donors (Lipinski definition) is 2. The Kier molecular flexibility index (Phi) is 6.71. The quantitative estimate of drug-likeness (QED) is 0.506. The minimum absolute atomic E-state index is 0.0427. The molecule has 7 nitrogen and oxygen atoms in total. The number of hydrogen-bond acceptors (Lipinski definition) is 6. The summed E-state index contributed by atoms with van der Waals surface area (Å²) >= 11 is 6.51. The first-order chi connectivity index (χ1) is 14.1. The lowest BCUT2D eigenvalue weighted by Crippen LogP contribution is -2.31. The fraction of sp³-hybridized carbons (Fsp3) is 0.150. The van der Waals surface area contributed by atoms with Crippen LogP contribution in [-0.4, -0.2) is 36.0 Å². The number of nitrogens with zero attached hydrogens (tertiary/aromatic N) is 1. The van der Waals surface area contributed by atoms with Crippen LogP contribution >= 0.6 is 24.0 Å². The fourth-order valence-electron chi connectivity index (χ4n) is 2.75. The van der Waals surface area contributed by atoms with E-state index in [9.17, 15) is 18.0 Å². The average Bonchev–Trinajstić information content (AvgIpc) is 2.94. The molecule has 0 atom stereocenters. The van der Waals surface area contributed by atoms with Gasteiger partial charge in [0.25, 0.3) is 5.91 Å². The highest BCUT2D eigenvalue weighted by Crippen LogP contribution is 2.33. The number of nitrogens with one attached hydrogen (secondary N) is 1. The van der Waals surface area contributed by atoms with Crippen molar-refractivity contribution < 1.29 is 18.0 Å². The molecule has 1 aliphatic heterocycles. The third kappa shape index (κ3) is 5.33. The lowest BCUT2D eigenvalue weighted by Gasteiger charge is -2.14. The second kappa shape index (κ2) is 9.09. The van der Waals surface area contributed by atoms with Gasteiger partial charge in [0, 0.05) is 18.7 Å². The van der Waals surface area contributed by atoms with Crippen molar-refractivity contribution in [2.75, 3.05) is 11.9 Å². The normalized spacial score (nSPS) is 15.7. The van der Waals surface area contributed by atoms with Crippen molar-refractivity contribution in [3.05, 3.63) is 64.6 Å². The number of nitrogens with two attached hydrogens (primary N) is 1. The highest BCUT2D eigenvalue weighted by Gasteiger charge is 2.32. The highest BCUT2D eigenvalue weighted by atomic mass is 32.2. The number of rotatable bonds is 6. The Morgan fingerprint density at radius 2 is 1.87 bits per heavy atom. The Labute approximate surface area is 184 Å². The summed E-state index contributed by atoms with van der Waals surface area (Å²) in [5, 5.41) is 7.70. The average molecular weight is 462 g/mol.